The third-order valence-corrected chi connectivity index (χ3v) is 6.98. The number of benzene rings is 2. The maximum absolute atomic E-state index is 13.2. The zero-order chi connectivity index (χ0) is 20.9. The summed E-state index contributed by atoms with van der Waals surface area (Å²) in [6, 6.07) is 12.6. The summed E-state index contributed by atoms with van der Waals surface area (Å²) in [4.78, 5) is 14.4. The first kappa shape index (κ1) is 21.5. The van der Waals surface area contributed by atoms with Crippen molar-refractivity contribution in [1.29, 1.82) is 0 Å². The normalized spacial score (nSPS) is 15.7. The van der Waals surface area contributed by atoms with Gasteiger partial charge in [0.2, 0.25) is 15.9 Å². The topological polar surface area (TPSA) is 57.7 Å². The standard InChI is InChI=1S/C20H20F2N2O3S2/c21-18-7-6-17(14-19(18)22)28-15-20(25)23-9-11-24(12-10-23)29(26,27)13-8-16-4-2-1-3-5-16/h1-8,13-14H,9-12,15H2. The molecular formula is C20H20F2N2O3S2. The van der Waals surface area contributed by atoms with Crippen molar-refractivity contribution in [3.05, 3.63) is 71.1 Å². The fraction of sp³-hybridized carbons (Fsp3) is 0.250. The van der Waals surface area contributed by atoms with Crippen molar-refractivity contribution in [3.63, 3.8) is 0 Å². The van der Waals surface area contributed by atoms with Crippen LogP contribution in [0.5, 0.6) is 0 Å². The van der Waals surface area contributed by atoms with E-state index < -0.39 is 21.7 Å². The molecule has 1 saturated heterocycles. The molecule has 0 unspecified atom stereocenters. The molecule has 0 spiro atoms. The van der Waals surface area contributed by atoms with E-state index in [4.69, 9.17) is 0 Å². The predicted octanol–water partition coefficient (Wildman–Crippen LogP) is 3.20. The molecule has 1 amide bonds. The van der Waals surface area contributed by atoms with E-state index in [2.05, 4.69) is 0 Å². The minimum absolute atomic E-state index is 0.0751. The Labute approximate surface area is 173 Å². The zero-order valence-corrected chi connectivity index (χ0v) is 17.1. The molecule has 0 aromatic heterocycles. The lowest BCUT2D eigenvalue weighted by Gasteiger charge is -2.33. The Morgan fingerprint density at radius 2 is 1.69 bits per heavy atom. The lowest BCUT2D eigenvalue weighted by molar-refractivity contribution is -0.129. The van der Waals surface area contributed by atoms with Crippen LogP contribution in [0.25, 0.3) is 6.08 Å². The average molecular weight is 439 g/mol. The fourth-order valence-corrected chi connectivity index (χ4v) is 4.81. The first-order chi connectivity index (χ1) is 13.8. The van der Waals surface area contributed by atoms with Gasteiger partial charge in [0.15, 0.2) is 11.6 Å². The molecule has 1 aliphatic rings. The van der Waals surface area contributed by atoms with Crippen molar-refractivity contribution in [2.75, 3.05) is 31.9 Å². The smallest absolute Gasteiger partial charge is 0.236 e. The van der Waals surface area contributed by atoms with E-state index >= 15 is 0 Å². The number of hydrogen-bond acceptors (Lipinski definition) is 4. The van der Waals surface area contributed by atoms with Gasteiger partial charge >= 0.3 is 0 Å². The van der Waals surface area contributed by atoms with E-state index in [1.165, 1.54) is 15.8 Å². The first-order valence-electron chi connectivity index (χ1n) is 8.94. The number of nitrogens with zero attached hydrogens (tertiary/aromatic N) is 2. The molecule has 1 fully saturated rings. The van der Waals surface area contributed by atoms with E-state index in [0.717, 1.165) is 29.5 Å². The van der Waals surface area contributed by atoms with Crippen LogP contribution in [0.1, 0.15) is 5.56 Å². The van der Waals surface area contributed by atoms with Crippen LogP contribution < -0.4 is 0 Å². The van der Waals surface area contributed by atoms with Crippen LogP contribution >= 0.6 is 11.8 Å². The number of piperazine rings is 1. The van der Waals surface area contributed by atoms with E-state index in [1.54, 1.807) is 11.0 Å². The van der Waals surface area contributed by atoms with Gasteiger partial charge in [0.1, 0.15) is 0 Å². The molecule has 0 saturated carbocycles. The molecule has 0 radical (unpaired) electrons. The van der Waals surface area contributed by atoms with Crippen molar-refractivity contribution in [1.82, 2.24) is 9.21 Å². The number of rotatable bonds is 6. The maximum atomic E-state index is 13.2. The molecule has 0 N–H and O–H groups in total. The van der Waals surface area contributed by atoms with Crippen LogP contribution in [0, 0.1) is 11.6 Å². The summed E-state index contributed by atoms with van der Waals surface area (Å²) < 4.78 is 52.5. The highest BCUT2D eigenvalue weighted by molar-refractivity contribution is 8.00. The third kappa shape index (κ3) is 5.88. The Morgan fingerprint density at radius 1 is 1.00 bits per heavy atom. The molecule has 0 aliphatic carbocycles. The summed E-state index contributed by atoms with van der Waals surface area (Å²) in [6.45, 7) is 0.997. The second-order valence-corrected chi connectivity index (χ2v) is 9.27. The molecule has 2 aromatic rings. The lowest BCUT2D eigenvalue weighted by atomic mass is 10.2. The number of hydrogen-bond donors (Lipinski definition) is 0. The van der Waals surface area contributed by atoms with Crippen molar-refractivity contribution >= 4 is 33.8 Å². The van der Waals surface area contributed by atoms with Crippen LogP contribution in [0.2, 0.25) is 0 Å². The summed E-state index contributed by atoms with van der Waals surface area (Å²) >= 11 is 1.12. The minimum atomic E-state index is -3.56. The van der Waals surface area contributed by atoms with Gasteiger partial charge in [-0.1, -0.05) is 30.3 Å². The quantitative estimate of drug-likeness (QED) is 0.650. The number of amides is 1. The first-order valence-corrected chi connectivity index (χ1v) is 11.4. The molecule has 3 rings (SSSR count). The third-order valence-electron chi connectivity index (χ3n) is 4.44. The van der Waals surface area contributed by atoms with Gasteiger partial charge in [0.25, 0.3) is 0 Å². The highest BCUT2D eigenvalue weighted by Crippen LogP contribution is 2.21. The van der Waals surface area contributed by atoms with Crippen LogP contribution in [0.15, 0.2) is 58.8 Å². The van der Waals surface area contributed by atoms with E-state index in [0.29, 0.717) is 4.90 Å². The number of halogens is 2. The van der Waals surface area contributed by atoms with Crippen molar-refractivity contribution in [2.24, 2.45) is 0 Å². The number of carbonyl (C=O) groups is 1. The summed E-state index contributed by atoms with van der Waals surface area (Å²) in [5.41, 5.74) is 0.791. The van der Waals surface area contributed by atoms with Gasteiger partial charge in [-0.2, -0.15) is 4.31 Å². The Balaban J connectivity index is 1.50. The Morgan fingerprint density at radius 3 is 2.34 bits per heavy atom. The van der Waals surface area contributed by atoms with Crippen molar-refractivity contribution in [3.8, 4) is 0 Å². The molecule has 154 valence electrons. The minimum Gasteiger partial charge on any atom is -0.339 e. The van der Waals surface area contributed by atoms with Crippen LogP contribution in [0.3, 0.4) is 0 Å². The van der Waals surface area contributed by atoms with Gasteiger partial charge < -0.3 is 4.90 Å². The van der Waals surface area contributed by atoms with Gasteiger partial charge in [0.05, 0.1) is 5.75 Å². The Kier molecular flexibility index (Phi) is 7.05. The van der Waals surface area contributed by atoms with Gasteiger partial charge in [0, 0.05) is 36.5 Å². The summed E-state index contributed by atoms with van der Waals surface area (Å²) in [5, 5.41) is 1.18. The SMILES string of the molecule is O=C(CSc1ccc(F)c(F)c1)N1CCN(S(=O)(=O)C=Cc2ccccc2)CC1. The van der Waals surface area contributed by atoms with Gasteiger partial charge in [-0.05, 0) is 29.8 Å². The summed E-state index contributed by atoms with van der Waals surface area (Å²) in [7, 11) is -3.56. The molecule has 2 aromatic carbocycles. The second kappa shape index (κ2) is 9.51. The molecular weight excluding hydrogens is 418 g/mol. The molecule has 1 heterocycles. The summed E-state index contributed by atoms with van der Waals surface area (Å²) in [5.74, 6) is -1.98. The fourth-order valence-electron chi connectivity index (χ4n) is 2.81. The van der Waals surface area contributed by atoms with Crippen molar-refractivity contribution in [2.45, 2.75) is 4.90 Å². The van der Waals surface area contributed by atoms with Crippen LogP contribution in [-0.2, 0) is 14.8 Å². The number of sulfonamides is 1. The summed E-state index contributed by atoms with van der Waals surface area (Å²) in [6.07, 6.45) is 1.55. The molecule has 0 atom stereocenters. The van der Waals surface area contributed by atoms with Gasteiger partial charge in [-0.3, -0.25) is 4.79 Å². The Hall–Kier alpha value is -2.23. The molecule has 29 heavy (non-hydrogen) atoms. The Bertz CT molecular complexity index is 990. The molecule has 9 heteroatoms. The zero-order valence-electron chi connectivity index (χ0n) is 15.5. The van der Waals surface area contributed by atoms with Crippen LogP contribution in [-0.4, -0.2) is 55.5 Å². The number of carbonyl (C=O) groups excluding carboxylic acids is 1. The van der Waals surface area contributed by atoms with E-state index in [1.807, 2.05) is 30.3 Å². The highest BCUT2D eigenvalue weighted by atomic mass is 32.2. The van der Waals surface area contributed by atoms with Gasteiger partial charge in [-0.25, -0.2) is 17.2 Å². The maximum Gasteiger partial charge on any atom is 0.236 e. The highest BCUT2D eigenvalue weighted by Gasteiger charge is 2.27. The van der Waals surface area contributed by atoms with Crippen molar-refractivity contribution < 1.29 is 22.0 Å². The lowest BCUT2D eigenvalue weighted by Crippen LogP contribution is -2.50. The monoisotopic (exact) mass is 438 g/mol. The van der Waals surface area contributed by atoms with E-state index in [-0.39, 0.29) is 37.8 Å². The molecule has 1 aliphatic heterocycles. The van der Waals surface area contributed by atoms with Gasteiger partial charge in [-0.15, -0.1) is 11.8 Å². The molecule has 0 bridgehead atoms. The predicted molar refractivity (Wildman–Crippen MR) is 110 cm³/mol. The van der Waals surface area contributed by atoms with E-state index in [9.17, 15) is 22.0 Å². The average Bonchev–Trinajstić information content (AvgIpc) is 2.74. The van der Waals surface area contributed by atoms with Crippen LogP contribution in [0.4, 0.5) is 8.78 Å². The second-order valence-electron chi connectivity index (χ2n) is 6.40. The molecule has 5 nitrogen and oxygen atoms in total. The number of thioether (sulfide) groups is 1. The largest absolute Gasteiger partial charge is 0.339 e.